The first-order chi connectivity index (χ1) is 8.70. The van der Waals surface area contributed by atoms with Crippen molar-refractivity contribution in [3.05, 3.63) is 35.4 Å². The number of ether oxygens (including phenoxy) is 1. The third kappa shape index (κ3) is 3.33. The van der Waals surface area contributed by atoms with E-state index in [0.29, 0.717) is 12.5 Å². The van der Waals surface area contributed by atoms with Gasteiger partial charge in [0.05, 0.1) is 12.7 Å². The Labute approximate surface area is 110 Å². The van der Waals surface area contributed by atoms with Crippen LogP contribution in [0.2, 0.25) is 0 Å². The van der Waals surface area contributed by atoms with E-state index in [9.17, 15) is 5.11 Å². The molecule has 1 unspecified atom stereocenters. The van der Waals surface area contributed by atoms with Crippen LogP contribution in [0.4, 0.5) is 0 Å². The van der Waals surface area contributed by atoms with Crippen LogP contribution < -0.4 is 0 Å². The van der Waals surface area contributed by atoms with Crippen molar-refractivity contribution in [3.8, 4) is 0 Å². The lowest BCUT2D eigenvalue weighted by Gasteiger charge is -2.30. The third-order valence-electron chi connectivity index (χ3n) is 4.14. The van der Waals surface area contributed by atoms with Crippen molar-refractivity contribution in [1.82, 2.24) is 0 Å². The smallest absolute Gasteiger partial charge is 0.0818 e. The minimum Gasteiger partial charge on any atom is -0.388 e. The number of hydrogen-bond donors (Lipinski definition) is 1. The molecule has 1 atom stereocenters. The highest BCUT2D eigenvalue weighted by atomic mass is 16.5. The minimum absolute atomic E-state index is 0.297. The molecule has 1 fully saturated rings. The quantitative estimate of drug-likeness (QED) is 0.880. The largest absolute Gasteiger partial charge is 0.388 e. The standard InChI is InChI=1S/C16H24O2/c1-12-3-7-14(8-4-12)16(17)15-9-5-13(6-10-15)11-18-2/h5-6,9-10,12,14,16-17H,3-4,7-8,11H2,1-2H3. The molecule has 1 aromatic rings. The van der Waals surface area contributed by atoms with Crippen molar-refractivity contribution in [3.63, 3.8) is 0 Å². The number of benzene rings is 1. The molecule has 1 aromatic carbocycles. The molecule has 18 heavy (non-hydrogen) atoms. The monoisotopic (exact) mass is 248 g/mol. The lowest BCUT2D eigenvalue weighted by Crippen LogP contribution is -2.19. The molecular formula is C16H24O2. The van der Waals surface area contributed by atoms with Gasteiger partial charge in [0.15, 0.2) is 0 Å². The maximum Gasteiger partial charge on any atom is 0.0818 e. The molecule has 1 saturated carbocycles. The van der Waals surface area contributed by atoms with Crippen LogP contribution in [0.25, 0.3) is 0 Å². The Bertz CT molecular complexity index is 350. The summed E-state index contributed by atoms with van der Waals surface area (Å²) >= 11 is 0. The number of aliphatic hydroxyl groups excluding tert-OH is 1. The Hall–Kier alpha value is -0.860. The SMILES string of the molecule is COCc1ccc(C(O)C2CCC(C)CC2)cc1. The maximum atomic E-state index is 10.4. The van der Waals surface area contributed by atoms with Gasteiger partial charge < -0.3 is 9.84 Å². The highest BCUT2D eigenvalue weighted by Gasteiger charge is 2.25. The fourth-order valence-electron chi connectivity index (χ4n) is 2.85. The summed E-state index contributed by atoms with van der Waals surface area (Å²) in [4.78, 5) is 0. The second-order valence-electron chi connectivity index (χ2n) is 5.64. The van der Waals surface area contributed by atoms with E-state index >= 15 is 0 Å². The molecule has 0 bridgehead atoms. The van der Waals surface area contributed by atoms with E-state index in [1.807, 2.05) is 24.3 Å². The zero-order valence-electron chi connectivity index (χ0n) is 11.4. The number of methoxy groups -OCH3 is 1. The van der Waals surface area contributed by atoms with Crippen LogP contribution in [-0.2, 0) is 11.3 Å². The molecule has 0 saturated heterocycles. The molecule has 1 aliphatic rings. The van der Waals surface area contributed by atoms with Gasteiger partial charge in [-0.25, -0.2) is 0 Å². The number of aliphatic hydroxyl groups is 1. The van der Waals surface area contributed by atoms with Gasteiger partial charge in [0, 0.05) is 7.11 Å². The summed E-state index contributed by atoms with van der Waals surface area (Å²) in [7, 11) is 1.70. The Morgan fingerprint density at radius 2 is 1.78 bits per heavy atom. The van der Waals surface area contributed by atoms with Crippen LogP contribution >= 0.6 is 0 Å². The normalized spacial score (nSPS) is 25.9. The summed E-state index contributed by atoms with van der Waals surface area (Å²) in [6, 6.07) is 8.18. The van der Waals surface area contributed by atoms with Crippen LogP contribution in [0, 0.1) is 11.8 Å². The van der Waals surface area contributed by atoms with E-state index in [1.165, 1.54) is 12.8 Å². The fourth-order valence-corrected chi connectivity index (χ4v) is 2.85. The molecule has 0 aliphatic heterocycles. The van der Waals surface area contributed by atoms with Gasteiger partial charge in [-0.15, -0.1) is 0 Å². The zero-order chi connectivity index (χ0) is 13.0. The van der Waals surface area contributed by atoms with Crippen LogP contribution in [0.5, 0.6) is 0 Å². The Balaban J connectivity index is 1.97. The summed E-state index contributed by atoms with van der Waals surface area (Å²) in [5.74, 6) is 1.27. The first kappa shape index (κ1) is 13.6. The number of rotatable bonds is 4. The van der Waals surface area contributed by atoms with E-state index < -0.39 is 0 Å². The predicted octanol–water partition coefficient (Wildman–Crippen LogP) is 3.69. The van der Waals surface area contributed by atoms with Crippen molar-refractivity contribution in [1.29, 1.82) is 0 Å². The van der Waals surface area contributed by atoms with Crippen LogP contribution in [0.1, 0.15) is 49.8 Å². The molecule has 0 aromatic heterocycles. The first-order valence-corrected chi connectivity index (χ1v) is 6.96. The summed E-state index contributed by atoms with van der Waals surface area (Å²) in [6.07, 6.45) is 4.52. The topological polar surface area (TPSA) is 29.5 Å². The molecule has 2 rings (SSSR count). The van der Waals surface area contributed by atoms with Crippen LogP contribution in [0.3, 0.4) is 0 Å². The van der Waals surface area contributed by atoms with Gasteiger partial charge in [0.2, 0.25) is 0 Å². The highest BCUT2D eigenvalue weighted by Crippen LogP contribution is 2.36. The van der Waals surface area contributed by atoms with Crippen molar-refractivity contribution in [2.75, 3.05) is 7.11 Å². The van der Waals surface area contributed by atoms with E-state index in [-0.39, 0.29) is 6.10 Å². The van der Waals surface area contributed by atoms with Crippen molar-refractivity contribution < 1.29 is 9.84 Å². The second-order valence-corrected chi connectivity index (χ2v) is 5.64. The van der Waals surface area contributed by atoms with E-state index in [1.54, 1.807) is 7.11 Å². The zero-order valence-corrected chi connectivity index (χ0v) is 11.4. The van der Waals surface area contributed by atoms with Gasteiger partial charge in [-0.1, -0.05) is 44.0 Å². The molecule has 1 aliphatic carbocycles. The van der Waals surface area contributed by atoms with Gasteiger partial charge in [-0.2, -0.15) is 0 Å². The van der Waals surface area contributed by atoms with Crippen molar-refractivity contribution >= 4 is 0 Å². The molecule has 0 radical (unpaired) electrons. The molecule has 2 heteroatoms. The minimum atomic E-state index is -0.297. The van der Waals surface area contributed by atoms with Gasteiger partial charge >= 0.3 is 0 Å². The average molecular weight is 248 g/mol. The molecular weight excluding hydrogens is 224 g/mol. The first-order valence-electron chi connectivity index (χ1n) is 6.96. The predicted molar refractivity (Wildman–Crippen MR) is 73.2 cm³/mol. The number of hydrogen-bond acceptors (Lipinski definition) is 2. The van der Waals surface area contributed by atoms with Crippen LogP contribution in [-0.4, -0.2) is 12.2 Å². The van der Waals surface area contributed by atoms with Crippen molar-refractivity contribution in [2.24, 2.45) is 11.8 Å². The molecule has 100 valence electrons. The Morgan fingerprint density at radius 3 is 2.33 bits per heavy atom. The van der Waals surface area contributed by atoms with Gasteiger partial charge in [0.25, 0.3) is 0 Å². The van der Waals surface area contributed by atoms with Gasteiger partial charge in [-0.05, 0) is 35.8 Å². The molecule has 0 heterocycles. The highest BCUT2D eigenvalue weighted by molar-refractivity contribution is 5.24. The van der Waals surface area contributed by atoms with E-state index in [4.69, 9.17) is 4.74 Å². The van der Waals surface area contributed by atoms with E-state index in [2.05, 4.69) is 6.92 Å². The molecule has 0 spiro atoms. The fraction of sp³-hybridized carbons (Fsp3) is 0.625. The Kier molecular flexibility index (Phi) is 4.79. The Morgan fingerprint density at radius 1 is 1.17 bits per heavy atom. The van der Waals surface area contributed by atoms with E-state index in [0.717, 1.165) is 29.9 Å². The van der Waals surface area contributed by atoms with Gasteiger partial charge in [-0.3, -0.25) is 0 Å². The lowest BCUT2D eigenvalue weighted by molar-refractivity contribution is 0.0755. The summed E-state index contributed by atoms with van der Waals surface area (Å²) in [5.41, 5.74) is 2.21. The summed E-state index contributed by atoms with van der Waals surface area (Å²) in [5, 5.41) is 10.4. The summed E-state index contributed by atoms with van der Waals surface area (Å²) < 4.78 is 5.09. The lowest BCUT2D eigenvalue weighted by atomic mass is 9.78. The third-order valence-corrected chi connectivity index (χ3v) is 4.14. The maximum absolute atomic E-state index is 10.4. The molecule has 2 nitrogen and oxygen atoms in total. The molecule has 1 N–H and O–H groups in total. The average Bonchev–Trinajstić information content (AvgIpc) is 2.40. The van der Waals surface area contributed by atoms with Gasteiger partial charge in [0.1, 0.15) is 0 Å². The second kappa shape index (κ2) is 6.35. The van der Waals surface area contributed by atoms with Crippen LogP contribution in [0.15, 0.2) is 24.3 Å². The summed E-state index contributed by atoms with van der Waals surface area (Å²) in [6.45, 7) is 2.94. The molecule has 0 amide bonds. The van der Waals surface area contributed by atoms with Crippen molar-refractivity contribution in [2.45, 2.75) is 45.3 Å².